The summed E-state index contributed by atoms with van der Waals surface area (Å²) in [5.41, 5.74) is 0.852. The topological polar surface area (TPSA) is 75.7 Å². The molecule has 1 aliphatic rings. The summed E-state index contributed by atoms with van der Waals surface area (Å²) in [7, 11) is 1.26. The number of amides is 2. The lowest BCUT2D eigenvalue weighted by Gasteiger charge is -2.15. The monoisotopic (exact) mass is 424 g/mol. The van der Waals surface area contributed by atoms with Crippen molar-refractivity contribution in [3.05, 3.63) is 68.8 Å². The minimum absolute atomic E-state index is 0.1000. The fraction of sp³-hybridized carbons (Fsp3) is 0.0556. The summed E-state index contributed by atoms with van der Waals surface area (Å²) >= 11 is 17.9. The maximum atomic E-state index is 12.7. The number of hydrogen-bond acceptors (Lipinski definition) is 5. The van der Waals surface area contributed by atoms with Crippen molar-refractivity contribution in [2.45, 2.75) is 0 Å². The summed E-state index contributed by atoms with van der Waals surface area (Å²) in [6.07, 6.45) is 0. The van der Waals surface area contributed by atoms with Crippen LogP contribution in [0.4, 0.5) is 11.4 Å². The van der Waals surface area contributed by atoms with Gasteiger partial charge in [0.1, 0.15) is 10.7 Å². The molecule has 2 aromatic carbocycles. The van der Waals surface area contributed by atoms with Crippen LogP contribution < -0.4 is 10.2 Å². The van der Waals surface area contributed by atoms with Gasteiger partial charge in [-0.05, 0) is 42.5 Å². The third-order valence-corrected chi connectivity index (χ3v) is 4.49. The molecule has 1 heterocycles. The van der Waals surface area contributed by atoms with Gasteiger partial charge >= 0.3 is 5.97 Å². The lowest BCUT2D eigenvalue weighted by Crippen LogP contribution is -2.32. The van der Waals surface area contributed by atoms with E-state index < -0.39 is 17.8 Å². The molecule has 6 nitrogen and oxygen atoms in total. The van der Waals surface area contributed by atoms with Crippen molar-refractivity contribution in [3.63, 3.8) is 0 Å². The number of rotatable bonds is 4. The van der Waals surface area contributed by atoms with Gasteiger partial charge in [0.25, 0.3) is 11.8 Å². The molecule has 0 radical (unpaired) electrons. The molecule has 0 fully saturated rings. The number of nitrogens with one attached hydrogen (secondary N) is 1. The van der Waals surface area contributed by atoms with E-state index in [-0.39, 0.29) is 22.0 Å². The molecule has 0 aliphatic carbocycles. The van der Waals surface area contributed by atoms with Gasteiger partial charge in [-0.3, -0.25) is 9.59 Å². The Kier molecular flexibility index (Phi) is 5.41. The van der Waals surface area contributed by atoms with Gasteiger partial charge in [-0.2, -0.15) is 0 Å². The Morgan fingerprint density at radius 1 is 0.963 bits per heavy atom. The van der Waals surface area contributed by atoms with E-state index in [4.69, 9.17) is 34.8 Å². The molecule has 2 amide bonds. The molecule has 9 heteroatoms. The third-order valence-electron chi connectivity index (χ3n) is 3.71. The van der Waals surface area contributed by atoms with E-state index in [0.717, 1.165) is 4.90 Å². The highest BCUT2D eigenvalue weighted by molar-refractivity contribution is 6.53. The second-order valence-electron chi connectivity index (χ2n) is 5.46. The minimum Gasteiger partial charge on any atom is -0.465 e. The molecule has 0 saturated heterocycles. The molecule has 27 heavy (non-hydrogen) atoms. The Bertz CT molecular complexity index is 966. The minimum atomic E-state index is -0.692. The fourth-order valence-electron chi connectivity index (χ4n) is 2.48. The lowest BCUT2D eigenvalue weighted by atomic mass is 10.2. The zero-order chi connectivity index (χ0) is 19.7. The van der Waals surface area contributed by atoms with Crippen LogP contribution in [0.5, 0.6) is 0 Å². The summed E-state index contributed by atoms with van der Waals surface area (Å²) in [5.74, 6) is -1.87. The highest BCUT2D eigenvalue weighted by Gasteiger charge is 2.39. The zero-order valence-electron chi connectivity index (χ0n) is 13.8. The summed E-state index contributed by atoms with van der Waals surface area (Å²) in [6, 6.07) is 10.4. The Labute approximate surface area is 169 Å². The Morgan fingerprint density at radius 3 is 2.11 bits per heavy atom. The largest absolute Gasteiger partial charge is 0.465 e. The molecule has 138 valence electrons. The Hall–Kier alpha value is -2.54. The van der Waals surface area contributed by atoms with E-state index in [2.05, 4.69) is 10.1 Å². The molecule has 3 rings (SSSR count). The number of carbonyl (C=O) groups excluding carboxylic acids is 3. The van der Waals surface area contributed by atoms with E-state index in [1.54, 1.807) is 0 Å². The number of halogens is 3. The molecule has 0 unspecified atom stereocenters. The van der Waals surface area contributed by atoms with Crippen LogP contribution in [0.3, 0.4) is 0 Å². The van der Waals surface area contributed by atoms with E-state index in [9.17, 15) is 14.4 Å². The molecule has 2 aromatic rings. The predicted octanol–water partition coefficient (Wildman–Crippen LogP) is 4.22. The molecule has 0 bridgehead atoms. The summed E-state index contributed by atoms with van der Waals surface area (Å²) in [4.78, 5) is 37.6. The molecule has 0 spiro atoms. The first-order chi connectivity index (χ1) is 12.8. The number of imide groups is 1. The van der Waals surface area contributed by atoms with Gasteiger partial charge in [0.05, 0.1) is 18.4 Å². The lowest BCUT2D eigenvalue weighted by molar-refractivity contribution is -0.120. The summed E-state index contributed by atoms with van der Waals surface area (Å²) in [5, 5.41) is 3.22. The van der Waals surface area contributed by atoms with Crippen LogP contribution in [0, 0.1) is 0 Å². The highest BCUT2D eigenvalue weighted by Crippen LogP contribution is 2.31. The van der Waals surface area contributed by atoms with Crippen LogP contribution >= 0.6 is 34.8 Å². The van der Waals surface area contributed by atoms with E-state index >= 15 is 0 Å². The van der Waals surface area contributed by atoms with Gasteiger partial charge in [0, 0.05) is 15.7 Å². The SMILES string of the molecule is COC(=O)c1ccc(N2C(=O)C(Cl)=C(Nc3cc(Cl)cc(Cl)c3)C2=O)cc1. The van der Waals surface area contributed by atoms with E-state index in [1.165, 1.54) is 49.6 Å². The van der Waals surface area contributed by atoms with Crippen molar-refractivity contribution in [2.75, 3.05) is 17.3 Å². The van der Waals surface area contributed by atoms with E-state index in [1.807, 2.05) is 0 Å². The Morgan fingerprint density at radius 2 is 1.56 bits per heavy atom. The maximum absolute atomic E-state index is 12.7. The van der Waals surface area contributed by atoms with Gasteiger partial charge in [-0.25, -0.2) is 9.69 Å². The average molecular weight is 426 g/mol. The van der Waals surface area contributed by atoms with Crippen LogP contribution in [-0.2, 0) is 14.3 Å². The molecule has 0 atom stereocenters. The highest BCUT2D eigenvalue weighted by atomic mass is 35.5. The van der Waals surface area contributed by atoms with E-state index in [0.29, 0.717) is 15.7 Å². The van der Waals surface area contributed by atoms with Crippen LogP contribution in [-0.4, -0.2) is 24.9 Å². The summed E-state index contributed by atoms with van der Waals surface area (Å²) in [6.45, 7) is 0. The second-order valence-corrected chi connectivity index (χ2v) is 6.71. The first-order valence-electron chi connectivity index (χ1n) is 7.52. The van der Waals surface area contributed by atoms with Gasteiger partial charge in [-0.15, -0.1) is 0 Å². The molecule has 0 saturated carbocycles. The summed E-state index contributed by atoms with van der Waals surface area (Å²) < 4.78 is 4.62. The number of nitrogens with zero attached hydrogens (tertiary/aromatic N) is 1. The molecular formula is C18H11Cl3N2O4. The van der Waals surface area contributed by atoms with Crippen LogP contribution in [0.1, 0.15) is 10.4 Å². The van der Waals surface area contributed by atoms with Crippen molar-refractivity contribution in [2.24, 2.45) is 0 Å². The van der Waals surface area contributed by atoms with Gasteiger partial charge < -0.3 is 10.1 Å². The smallest absolute Gasteiger partial charge is 0.337 e. The fourth-order valence-corrected chi connectivity index (χ4v) is 3.22. The van der Waals surface area contributed by atoms with Gasteiger partial charge in [0.15, 0.2) is 0 Å². The molecular weight excluding hydrogens is 415 g/mol. The molecule has 1 aliphatic heterocycles. The normalized spacial score (nSPS) is 14.0. The first kappa shape index (κ1) is 19.2. The zero-order valence-corrected chi connectivity index (χ0v) is 16.0. The number of carbonyl (C=O) groups is 3. The second kappa shape index (κ2) is 7.60. The molecule has 0 aromatic heterocycles. The average Bonchev–Trinajstić information content (AvgIpc) is 2.84. The number of anilines is 2. The van der Waals surface area contributed by atoms with Crippen LogP contribution in [0.25, 0.3) is 0 Å². The quantitative estimate of drug-likeness (QED) is 0.586. The van der Waals surface area contributed by atoms with Crippen molar-refractivity contribution >= 4 is 64.0 Å². The number of hydrogen-bond donors (Lipinski definition) is 1. The first-order valence-corrected chi connectivity index (χ1v) is 8.65. The van der Waals surface area contributed by atoms with Gasteiger partial charge in [-0.1, -0.05) is 34.8 Å². The van der Waals surface area contributed by atoms with Crippen molar-refractivity contribution in [1.29, 1.82) is 0 Å². The predicted molar refractivity (Wildman–Crippen MR) is 103 cm³/mol. The van der Waals surface area contributed by atoms with Gasteiger partial charge in [0.2, 0.25) is 0 Å². The number of esters is 1. The number of methoxy groups -OCH3 is 1. The molecule has 1 N–H and O–H groups in total. The van der Waals surface area contributed by atoms with Crippen molar-refractivity contribution in [3.8, 4) is 0 Å². The van der Waals surface area contributed by atoms with Crippen molar-refractivity contribution in [1.82, 2.24) is 0 Å². The number of benzene rings is 2. The van der Waals surface area contributed by atoms with Crippen LogP contribution in [0.15, 0.2) is 53.2 Å². The third kappa shape index (κ3) is 3.78. The maximum Gasteiger partial charge on any atom is 0.337 e. The van der Waals surface area contributed by atoms with Crippen LogP contribution in [0.2, 0.25) is 10.0 Å². The standard InChI is InChI=1S/C18H11Cl3N2O4/c1-27-18(26)9-2-4-13(5-3-9)23-16(24)14(21)15(17(23)25)22-12-7-10(19)6-11(20)8-12/h2-8,22H,1H3. The Balaban J connectivity index is 1.88. The number of ether oxygens (including phenoxy) is 1. The van der Waals surface area contributed by atoms with Crippen molar-refractivity contribution < 1.29 is 19.1 Å².